The summed E-state index contributed by atoms with van der Waals surface area (Å²) in [5, 5.41) is 2.52. The Morgan fingerprint density at radius 3 is 1.36 bits per heavy atom. The van der Waals surface area contributed by atoms with E-state index in [0.29, 0.717) is 0 Å². The second kappa shape index (κ2) is 5.86. The van der Waals surface area contributed by atoms with Crippen molar-refractivity contribution in [2.75, 3.05) is 0 Å². The first kappa shape index (κ1) is 15.3. The lowest BCUT2D eigenvalue weighted by atomic mass is 9.96. The summed E-state index contributed by atoms with van der Waals surface area (Å²) in [6.45, 7) is 0. The van der Waals surface area contributed by atoms with Gasteiger partial charge in [-0.3, -0.25) is 0 Å². The molecule has 2 heteroatoms. The van der Waals surface area contributed by atoms with E-state index in [9.17, 15) is 0 Å². The highest BCUT2D eigenvalue weighted by atomic mass is 14.9. The SMILES string of the molecule is c1ccc2c(c1)c(-c1cc3cccc[n+]3c3ccccc13)cc1cccc[n+]12. The van der Waals surface area contributed by atoms with Crippen molar-refractivity contribution in [3.8, 4) is 11.1 Å². The molecule has 0 saturated carbocycles. The van der Waals surface area contributed by atoms with Crippen molar-refractivity contribution in [2.24, 2.45) is 0 Å². The fourth-order valence-corrected chi connectivity index (χ4v) is 4.31. The van der Waals surface area contributed by atoms with E-state index < -0.39 is 0 Å². The Kier molecular flexibility index (Phi) is 3.20. The van der Waals surface area contributed by atoms with Gasteiger partial charge in [-0.15, -0.1) is 0 Å². The van der Waals surface area contributed by atoms with Gasteiger partial charge in [0.05, 0.1) is 10.8 Å². The molecule has 0 unspecified atom stereocenters. The lowest BCUT2D eigenvalue weighted by Crippen LogP contribution is -2.23. The molecule has 4 heterocycles. The van der Waals surface area contributed by atoms with E-state index in [1.165, 1.54) is 44.0 Å². The highest BCUT2D eigenvalue weighted by Gasteiger charge is 2.19. The van der Waals surface area contributed by atoms with Crippen molar-refractivity contribution in [1.29, 1.82) is 0 Å². The molecular formula is C26H18N2+2. The van der Waals surface area contributed by atoms with Crippen LogP contribution in [0, 0.1) is 0 Å². The molecule has 0 radical (unpaired) electrons. The Labute approximate surface area is 162 Å². The molecule has 0 saturated heterocycles. The number of hydrogen-bond donors (Lipinski definition) is 0. The third-order valence-electron chi connectivity index (χ3n) is 5.56. The van der Waals surface area contributed by atoms with Crippen LogP contribution in [0.4, 0.5) is 0 Å². The summed E-state index contributed by atoms with van der Waals surface area (Å²) >= 11 is 0. The highest BCUT2D eigenvalue weighted by Crippen LogP contribution is 2.33. The van der Waals surface area contributed by atoms with Gasteiger partial charge in [0.2, 0.25) is 22.1 Å². The van der Waals surface area contributed by atoms with Gasteiger partial charge in [0.25, 0.3) is 0 Å². The molecule has 0 bridgehead atoms. The number of aromatic nitrogens is 2. The van der Waals surface area contributed by atoms with E-state index in [2.05, 4.69) is 118 Å². The minimum absolute atomic E-state index is 1.20. The standard InChI is InChI=1S/C26H18N2/c1-3-13-25-21(11-1)23(17-19-9-5-7-15-27(19)25)24-18-20-10-6-8-16-28(20)26-14-4-2-12-22(24)26/h1-18H/q+2. The number of pyridine rings is 4. The molecule has 0 fully saturated rings. The molecule has 4 aromatic heterocycles. The van der Waals surface area contributed by atoms with Crippen LogP contribution in [0.5, 0.6) is 0 Å². The monoisotopic (exact) mass is 358 g/mol. The van der Waals surface area contributed by atoms with Crippen molar-refractivity contribution < 1.29 is 8.80 Å². The topological polar surface area (TPSA) is 8.20 Å². The quantitative estimate of drug-likeness (QED) is 0.284. The first-order valence-electron chi connectivity index (χ1n) is 9.55. The molecule has 0 spiro atoms. The molecule has 130 valence electrons. The summed E-state index contributed by atoms with van der Waals surface area (Å²) < 4.78 is 4.52. The molecule has 0 atom stereocenters. The number of nitrogens with zero attached hydrogens (tertiary/aromatic N) is 2. The van der Waals surface area contributed by atoms with Crippen molar-refractivity contribution in [3.63, 3.8) is 0 Å². The Morgan fingerprint density at radius 2 is 0.857 bits per heavy atom. The molecule has 0 aliphatic carbocycles. The highest BCUT2D eigenvalue weighted by molar-refractivity contribution is 6.03. The fraction of sp³-hybridized carbons (Fsp3) is 0. The molecule has 0 aliphatic heterocycles. The summed E-state index contributed by atoms with van der Waals surface area (Å²) in [6, 6.07) is 34.6. The lowest BCUT2D eigenvalue weighted by Gasteiger charge is -2.09. The molecular weight excluding hydrogens is 340 g/mol. The summed E-state index contributed by atoms with van der Waals surface area (Å²) in [6.07, 6.45) is 4.27. The van der Waals surface area contributed by atoms with Gasteiger partial charge in [-0.25, -0.2) is 0 Å². The van der Waals surface area contributed by atoms with Crippen LogP contribution < -0.4 is 8.80 Å². The molecule has 2 nitrogen and oxygen atoms in total. The normalized spacial score (nSPS) is 11.6. The van der Waals surface area contributed by atoms with Gasteiger partial charge in [0, 0.05) is 59.7 Å². The van der Waals surface area contributed by atoms with Crippen molar-refractivity contribution in [3.05, 3.63) is 109 Å². The number of para-hydroxylation sites is 2. The molecule has 6 rings (SSSR count). The molecule has 28 heavy (non-hydrogen) atoms. The maximum absolute atomic E-state index is 2.31. The van der Waals surface area contributed by atoms with Gasteiger partial charge in [0.15, 0.2) is 12.4 Å². The zero-order chi connectivity index (χ0) is 18.5. The van der Waals surface area contributed by atoms with Gasteiger partial charge in [-0.2, -0.15) is 8.80 Å². The number of benzene rings is 2. The summed E-state index contributed by atoms with van der Waals surface area (Å²) in [5.41, 5.74) is 7.37. The van der Waals surface area contributed by atoms with E-state index in [1.807, 2.05) is 0 Å². The largest absolute Gasteiger partial charge is 0.219 e. The van der Waals surface area contributed by atoms with Crippen LogP contribution in [0.25, 0.3) is 44.0 Å². The average molecular weight is 358 g/mol. The van der Waals surface area contributed by atoms with Gasteiger partial charge in [0.1, 0.15) is 0 Å². The third kappa shape index (κ3) is 2.15. The first-order chi connectivity index (χ1) is 13.9. The Balaban J connectivity index is 1.84. The minimum Gasteiger partial charge on any atom is -0.160 e. The zero-order valence-corrected chi connectivity index (χ0v) is 15.3. The number of rotatable bonds is 1. The molecule has 0 N–H and O–H groups in total. The third-order valence-corrected chi connectivity index (χ3v) is 5.56. The molecule has 2 aromatic carbocycles. The van der Waals surface area contributed by atoms with E-state index in [4.69, 9.17) is 0 Å². The second-order valence-electron chi connectivity index (χ2n) is 7.14. The number of fused-ring (bicyclic) bond motifs is 6. The average Bonchev–Trinajstić information content (AvgIpc) is 2.78. The van der Waals surface area contributed by atoms with E-state index in [-0.39, 0.29) is 0 Å². The van der Waals surface area contributed by atoms with Crippen LogP contribution >= 0.6 is 0 Å². The van der Waals surface area contributed by atoms with Crippen molar-refractivity contribution >= 4 is 32.8 Å². The van der Waals surface area contributed by atoms with Crippen LogP contribution in [-0.4, -0.2) is 0 Å². The molecule has 0 amide bonds. The Hall–Kier alpha value is -3.78. The van der Waals surface area contributed by atoms with E-state index in [1.54, 1.807) is 0 Å². The summed E-state index contributed by atoms with van der Waals surface area (Å²) in [5.74, 6) is 0. The smallest absolute Gasteiger partial charge is 0.160 e. The minimum atomic E-state index is 1.20. The van der Waals surface area contributed by atoms with Crippen molar-refractivity contribution in [1.82, 2.24) is 0 Å². The van der Waals surface area contributed by atoms with Crippen LogP contribution in [0.15, 0.2) is 109 Å². The van der Waals surface area contributed by atoms with Gasteiger partial charge in [-0.1, -0.05) is 24.3 Å². The lowest BCUT2D eigenvalue weighted by molar-refractivity contribution is -0.482. The van der Waals surface area contributed by atoms with Crippen LogP contribution in [0.1, 0.15) is 0 Å². The summed E-state index contributed by atoms with van der Waals surface area (Å²) in [4.78, 5) is 0. The molecule has 0 aliphatic rings. The van der Waals surface area contributed by atoms with Crippen LogP contribution in [-0.2, 0) is 0 Å². The van der Waals surface area contributed by atoms with Crippen molar-refractivity contribution in [2.45, 2.75) is 0 Å². The second-order valence-corrected chi connectivity index (χ2v) is 7.14. The maximum atomic E-state index is 2.31. The fourth-order valence-electron chi connectivity index (χ4n) is 4.31. The first-order valence-corrected chi connectivity index (χ1v) is 9.55. The van der Waals surface area contributed by atoms with Gasteiger partial charge in [-0.05, 0) is 24.3 Å². The zero-order valence-electron chi connectivity index (χ0n) is 15.3. The van der Waals surface area contributed by atoms with E-state index in [0.717, 1.165) is 0 Å². The van der Waals surface area contributed by atoms with Gasteiger partial charge < -0.3 is 0 Å². The Morgan fingerprint density at radius 1 is 0.429 bits per heavy atom. The predicted octanol–water partition coefficient (Wildman–Crippen LogP) is 5.14. The number of hydrogen-bond acceptors (Lipinski definition) is 0. The summed E-state index contributed by atoms with van der Waals surface area (Å²) in [7, 11) is 0. The maximum Gasteiger partial charge on any atom is 0.219 e. The molecule has 6 aromatic rings. The Bertz CT molecular complexity index is 1400. The predicted molar refractivity (Wildman–Crippen MR) is 113 cm³/mol. The van der Waals surface area contributed by atoms with E-state index >= 15 is 0 Å². The van der Waals surface area contributed by atoms with Gasteiger partial charge >= 0.3 is 0 Å². The van der Waals surface area contributed by atoms with Crippen LogP contribution in [0.3, 0.4) is 0 Å². The van der Waals surface area contributed by atoms with Crippen LogP contribution in [0.2, 0.25) is 0 Å².